The Labute approximate surface area is 111 Å². The molecule has 0 saturated heterocycles. The van der Waals surface area contributed by atoms with Gasteiger partial charge in [0.25, 0.3) is 0 Å². The third-order valence-corrected chi connectivity index (χ3v) is 3.33. The van der Waals surface area contributed by atoms with E-state index in [1.54, 1.807) is 7.11 Å². The van der Waals surface area contributed by atoms with Gasteiger partial charge in [-0.1, -0.05) is 19.9 Å². The van der Waals surface area contributed by atoms with Crippen LogP contribution in [-0.2, 0) is 17.7 Å². The van der Waals surface area contributed by atoms with Crippen molar-refractivity contribution in [3.63, 3.8) is 0 Å². The fourth-order valence-corrected chi connectivity index (χ4v) is 2.27. The van der Waals surface area contributed by atoms with Crippen LogP contribution in [0.1, 0.15) is 49.4 Å². The summed E-state index contributed by atoms with van der Waals surface area (Å²) >= 11 is 0. The lowest BCUT2D eigenvalue weighted by Gasteiger charge is -2.26. The van der Waals surface area contributed by atoms with Gasteiger partial charge in [-0.2, -0.15) is 0 Å². The van der Waals surface area contributed by atoms with E-state index >= 15 is 0 Å². The molecule has 0 radical (unpaired) electrons. The zero-order valence-corrected chi connectivity index (χ0v) is 12.6. The lowest BCUT2D eigenvalue weighted by molar-refractivity contribution is 0.115. The molecule has 2 heterocycles. The molecule has 0 aliphatic carbocycles. The maximum absolute atomic E-state index is 5.36. The molecule has 1 unspecified atom stereocenters. The van der Waals surface area contributed by atoms with Crippen molar-refractivity contribution in [2.45, 2.75) is 46.8 Å². The van der Waals surface area contributed by atoms with Gasteiger partial charge in [0.1, 0.15) is 0 Å². The number of aryl methyl sites for hydroxylation is 1. The Bertz CT molecular complexity index is 390. The first-order valence-corrected chi connectivity index (χ1v) is 6.82. The molecular formula is C15H26N2O. The second-order valence-corrected chi connectivity index (χ2v) is 4.66. The molecule has 1 aliphatic heterocycles. The van der Waals surface area contributed by atoms with E-state index in [9.17, 15) is 0 Å². The number of nitrogens with zero attached hydrogens (tertiary/aromatic N) is 2. The topological polar surface area (TPSA) is 25.4 Å². The summed E-state index contributed by atoms with van der Waals surface area (Å²) in [5.41, 5.74) is 4.95. The van der Waals surface area contributed by atoms with E-state index in [0.29, 0.717) is 0 Å². The SMILES string of the molecule is CC.COC(C)c1nc2c(cc1C)CN(C)CC2. The fourth-order valence-electron chi connectivity index (χ4n) is 2.27. The minimum atomic E-state index is 0.0879. The predicted octanol–water partition coefficient (Wildman–Crippen LogP) is 3.11. The number of fused-ring (bicyclic) bond motifs is 1. The molecule has 3 heteroatoms. The molecule has 1 atom stereocenters. The zero-order chi connectivity index (χ0) is 13.7. The predicted molar refractivity (Wildman–Crippen MR) is 75.8 cm³/mol. The molecule has 0 spiro atoms. The van der Waals surface area contributed by atoms with E-state index in [1.807, 2.05) is 13.8 Å². The van der Waals surface area contributed by atoms with E-state index in [0.717, 1.165) is 25.2 Å². The highest BCUT2D eigenvalue weighted by molar-refractivity contribution is 5.32. The van der Waals surface area contributed by atoms with Crippen LogP contribution in [0.15, 0.2) is 6.07 Å². The van der Waals surface area contributed by atoms with Crippen LogP contribution in [0.2, 0.25) is 0 Å². The van der Waals surface area contributed by atoms with Gasteiger partial charge in [0, 0.05) is 32.3 Å². The number of methoxy groups -OCH3 is 1. The molecule has 0 N–H and O–H groups in total. The van der Waals surface area contributed by atoms with Crippen molar-refractivity contribution in [1.29, 1.82) is 0 Å². The van der Waals surface area contributed by atoms with Crippen LogP contribution in [0.25, 0.3) is 0 Å². The van der Waals surface area contributed by atoms with E-state index in [-0.39, 0.29) is 6.10 Å². The van der Waals surface area contributed by atoms with Crippen molar-refractivity contribution in [2.75, 3.05) is 20.7 Å². The van der Waals surface area contributed by atoms with Gasteiger partial charge in [-0.05, 0) is 32.0 Å². The molecule has 0 aromatic carbocycles. The largest absolute Gasteiger partial charge is 0.375 e. The maximum atomic E-state index is 5.36. The second kappa shape index (κ2) is 6.86. The Morgan fingerprint density at radius 3 is 2.67 bits per heavy atom. The molecule has 0 bridgehead atoms. The summed E-state index contributed by atoms with van der Waals surface area (Å²) in [6.07, 6.45) is 1.14. The van der Waals surface area contributed by atoms with Crippen molar-refractivity contribution in [2.24, 2.45) is 0 Å². The average molecular weight is 250 g/mol. The van der Waals surface area contributed by atoms with Gasteiger partial charge in [-0.3, -0.25) is 4.98 Å². The first-order chi connectivity index (χ1) is 8.61. The third-order valence-electron chi connectivity index (χ3n) is 3.33. The molecule has 0 amide bonds. The molecule has 102 valence electrons. The van der Waals surface area contributed by atoms with Crippen LogP contribution in [0.5, 0.6) is 0 Å². The van der Waals surface area contributed by atoms with E-state index in [2.05, 4.69) is 31.9 Å². The molecule has 0 fully saturated rings. The van der Waals surface area contributed by atoms with Crippen LogP contribution < -0.4 is 0 Å². The second-order valence-electron chi connectivity index (χ2n) is 4.66. The Kier molecular flexibility index (Phi) is 5.76. The Balaban J connectivity index is 0.000000771. The lowest BCUT2D eigenvalue weighted by atomic mass is 10.0. The van der Waals surface area contributed by atoms with Crippen LogP contribution in [-0.4, -0.2) is 30.6 Å². The molecule has 0 saturated carbocycles. The van der Waals surface area contributed by atoms with Crippen LogP contribution in [0, 0.1) is 6.92 Å². The first kappa shape index (κ1) is 15.1. The smallest absolute Gasteiger partial charge is 0.0965 e. The molecule has 1 aliphatic rings. The van der Waals surface area contributed by atoms with Crippen LogP contribution in [0.3, 0.4) is 0 Å². The number of hydrogen-bond donors (Lipinski definition) is 0. The number of hydrogen-bond acceptors (Lipinski definition) is 3. The van der Waals surface area contributed by atoms with Gasteiger partial charge in [-0.25, -0.2) is 0 Å². The normalized spacial score (nSPS) is 16.6. The Hall–Kier alpha value is -0.930. The molecule has 1 aromatic rings. The Morgan fingerprint density at radius 2 is 2.06 bits per heavy atom. The summed E-state index contributed by atoms with van der Waals surface area (Å²) in [7, 11) is 3.89. The summed E-state index contributed by atoms with van der Waals surface area (Å²) in [5, 5.41) is 0. The number of aromatic nitrogens is 1. The van der Waals surface area contributed by atoms with Gasteiger partial charge in [0.15, 0.2) is 0 Å². The first-order valence-electron chi connectivity index (χ1n) is 6.82. The highest BCUT2D eigenvalue weighted by atomic mass is 16.5. The van der Waals surface area contributed by atoms with Crippen molar-refractivity contribution < 1.29 is 4.74 Å². The van der Waals surface area contributed by atoms with E-state index < -0.39 is 0 Å². The zero-order valence-electron chi connectivity index (χ0n) is 12.6. The molecule has 2 rings (SSSR count). The van der Waals surface area contributed by atoms with Crippen LogP contribution >= 0.6 is 0 Å². The standard InChI is InChI=1S/C13H20N2O.C2H6/c1-9-7-11-8-15(3)6-5-12(11)14-13(9)10(2)16-4;1-2/h7,10H,5-6,8H2,1-4H3;1-2H3. The molecule has 18 heavy (non-hydrogen) atoms. The van der Waals surface area contributed by atoms with Gasteiger partial charge < -0.3 is 9.64 Å². The summed E-state index contributed by atoms with van der Waals surface area (Å²) in [5.74, 6) is 0. The monoisotopic (exact) mass is 250 g/mol. The minimum Gasteiger partial charge on any atom is -0.375 e. The highest BCUT2D eigenvalue weighted by Crippen LogP contribution is 2.24. The van der Waals surface area contributed by atoms with Crippen molar-refractivity contribution >= 4 is 0 Å². The number of likely N-dealkylation sites (N-methyl/N-ethyl adjacent to an activating group) is 1. The molecule has 1 aromatic heterocycles. The Morgan fingerprint density at radius 1 is 1.39 bits per heavy atom. The number of ether oxygens (including phenoxy) is 1. The van der Waals surface area contributed by atoms with E-state index in [1.165, 1.54) is 16.8 Å². The fraction of sp³-hybridized carbons (Fsp3) is 0.667. The van der Waals surface area contributed by atoms with Crippen molar-refractivity contribution in [3.05, 3.63) is 28.6 Å². The third kappa shape index (κ3) is 3.30. The van der Waals surface area contributed by atoms with Crippen molar-refractivity contribution in [1.82, 2.24) is 9.88 Å². The van der Waals surface area contributed by atoms with Gasteiger partial charge in [0.05, 0.1) is 11.8 Å². The lowest BCUT2D eigenvalue weighted by Crippen LogP contribution is -2.28. The van der Waals surface area contributed by atoms with E-state index in [4.69, 9.17) is 9.72 Å². The minimum absolute atomic E-state index is 0.0879. The summed E-state index contributed by atoms with van der Waals surface area (Å²) in [6.45, 7) is 10.3. The van der Waals surface area contributed by atoms with Crippen LogP contribution in [0.4, 0.5) is 0 Å². The quantitative estimate of drug-likeness (QED) is 0.806. The summed E-state index contributed by atoms with van der Waals surface area (Å²) in [4.78, 5) is 7.10. The summed E-state index contributed by atoms with van der Waals surface area (Å²) in [6, 6.07) is 2.27. The number of rotatable bonds is 2. The number of pyridine rings is 1. The average Bonchev–Trinajstić information content (AvgIpc) is 2.39. The van der Waals surface area contributed by atoms with Gasteiger partial charge in [-0.15, -0.1) is 0 Å². The van der Waals surface area contributed by atoms with Gasteiger partial charge in [0.2, 0.25) is 0 Å². The highest BCUT2D eigenvalue weighted by Gasteiger charge is 2.18. The van der Waals surface area contributed by atoms with Gasteiger partial charge >= 0.3 is 0 Å². The maximum Gasteiger partial charge on any atom is 0.0965 e. The molecule has 3 nitrogen and oxygen atoms in total. The molecular weight excluding hydrogens is 224 g/mol. The van der Waals surface area contributed by atoms with Crippen molar-refractivity contribution in [3.8, 4) is 0 Å². The summed E-state index contributed by atoms with van der Waals surface area (Å²) < 4.78 is 5.36.